The molecule has 2 aromatic carbocycles. The smallest absolute Gasteiger partial charge is 0.127 e. The SMILES string of the molecule is CC(C)(Cc1ccc(Oc2ccc(C#N)cc2)cc1)NCC(O)COC1=CC=CC2NC=CC12. The molecule has 3 N–H and O–H groups in total. The first-order valence-electron chi connectivity index (χ1n) is 11.6. The van der Waals surface area contributed by atoms with E-state index in [-0.39, 0.29) is 24.1 Å². The van der Waals surface area contributed by atoms with Gasteiger partial charge in [-0.05, 0) is 74.5 Å². The quantitative estimate of drug-likeness (QED) is 0.496. The number of aliphatic hydroxyl groups excluding tert-OH is 1. The third-order valence-electron chi connectivity index (χ3n) is 5.93. The summed E-state index contributed by atoms with van der Waals surface area (Å²) >= 11 is 0. The van der Waals surface area contributed by atoms with E-state index < -0.39 is 6.10 Å². The van der Waals surface area contributed by atoms with Crippen LogP contribution in [0.15, 0.2) is 84.8 Å². The Morgan fingerprint density at radius 2 is 1.79 bits per heavy atom. The van der Waals surface area contributed by atoms with Crippen molar-refractivity contribution in [2.45, 2.75) is 38.0 Å². The van der Waals surface area contributed by atoms with E-state index in [0.29, 0.717) is 17.9 Å². The molecule has 0 aromatic heterocycles. The normalized spacial score (nSPS) is 19.5. The highest BCUT2D eigenvalue weighted by molar-refractivity contribution is 5.38. The Kier molecular flexibility index (Phi) is 7.36. The number of fused-ring (bicyclic) bond motifs is 1. The van der Waals surface area contributed by atoms with E-state index in [2.05, 4.69) is 42.7 Å². The van der Waals surface area contributed by atoms with Crippen LogP contribution in [0.2, 0.25) is 0 Å². The Bertz CT molecular complexity index is 1100. The summed E-state index contributed by atoms with van der Waals surface area (Å²) in [7, 11) is 0. The Balaban J connectivity index is 1.22. The zero-order valence-electron chi connectivity index (χ0n) is 19.6. The van der Waals surface area contributed by atoms with Crippen LogP contribution >= 0.6 is 0 Å². The van der Waals surface area contributed by atoms with Gasteiger partial charge >= 0.3 is 0 Å². The second kappa shape index (κ2) is 10.6. The van der Waals surface area contributed by atoms with Crippen LogP contribution in [0.1, 0.15) is 25.0 Å². The number of nitrogens with zero attached hydrogens (tertiary/aromatic N) is 1. The first-order chi connectivity index (χ1) is 16.4. The van der Waals surface area contributed by atoms with Crippen molar-refractivity contribution in [1.82, 2.24) is 10.6 Å². The van der Waals surface area contributed by atoms with Crippen LogP contribution < -0.4 is 15.4 Å². The molecule has 0 fully saturated rings. The van der Waals surface area contributed by atoms with Crippen LogP contribution in [0.4, 0.5) is 0 Å². The van der Waals surface area contributed by atoms with Gasteiger partial charge < -0.3 is 25.2 Å². The lowest BCUT2D eigenvalue weighted by Crippen LogP contribution is -2.46. The van der Waals surface area contributed by atoms with Gasteiger partial charge in [-0.15, -0.1) is 0 Å². The van der Waals surface area contributed by atoms with Crippen molar-refractivity contribution in [3.8, 4) is 17.6 Å². The molecular weight excluding hydrogens is 426 g/mol. The second-order valence-electron chi connectivity index (χ2n) is 9.32. The monoisotopic (exact) mass is 457 g/mol. The molecule has 0 spiro atoms. The molecule has 3 atom stereocenters. The van der Waals surface area contributed by atoms with Gasteiger partial charge in [0.15, 0.2) is 0 Å². The van der Waals surface area contributed by atoms with E-state index in [1.165, 1.54) is 5.56 Å². The molecule has 176 valence electrons. The summed E-state index contributed by atoms with van der Waals surface area (Å²) in [4.78, 5) is 0. The molecule has 0 radical (unpaired) electrons. The van der Waals surface area contributed by atoms with Crippen LogP contribution in [0.25, 0.3) is 0 Å². The average Bonchev–Trinajstić information content (AvgIpc) is 3.33. The fraction of sp³-hybridized carbons (Fsp3) is 0.321. The van der Waals surface area contributed by atoms with Gasteiger partial charge in [-0.1, -0.05) is 30.4 Å². The first kappa shape index (κ1) is 23.6. The summed E-state index contributed by atoms with van der Waals surface area (Å²) in [5.41, 5.74) is 1.57. The van der Waals surface area contributed by atoms with Crippen molar-refractivity contribution in [3.63, 3.8) is 0 Å². The van der Waals surface area contributed by atoms with Gasteiger partial charge in [0, 0.05) is 12.1 Å². The molecule has 34 heavy (non-hydrogen) atoms. The molecule has 0 bridgehead atoms. The highest BCUT2D eigenvalue weighted by Crippen LogP contribution is 2.27. The molecule has 2 aromatic rings. The summed E-state index contributed by atoms with van der Waals surface area (Å²) < 4.78 is 11.8. The van der Waals surface area contributed by atoms with Crippen LogP contribution in [0, 0.1) is 17.2 Å². The van der Waals surface area contributed by atoms with Crippen molar-refractivity contribution in [3.05, 3.63) is 95.9 Å². The lowest BCUT2D eigenvalue weighted by Gasteiger charge is -2.29. The summed E-state index contributed by atoms with van der Waals surface area (Å²) in [5.74, 6) is 2.52. The Labute approximate surface area is 201 Å². The molecule has 1 aliphatic heterocycles. The predicted molar refractivity (Wildman–Crippen MR) is 132 cm³/mol. The first-order valence-corrected chi connectivity index (χ1v) is 11.6. The molecule has 0 saturated carbocycles. The third-order valence-corrected chi connectivity index (χ3v) is 5.93. The van der Waals surface area contributed by atoms with Gasteiger partial charge in [-0.25, -0.2) is 0 Å². The number of nitriles is 1. The fourth-order valence-electron chi connectivity index (χ4n) is 4.09. The number of β-amino-alcohol motifs (C(OH)–C–C–N with tert-alkyl or cyclic N) is 1. The summed E-state index contributed by atoms with van der Waals surface area (Å²) in [5, 5.41) is 26.1. The number of ether oxygens (including phenoxy) is 2. The van der Waals surface area contributed by atoms with Crippen LogP contribution in [-0.4, -0.2) is 35.9 Å². The minimum atomic E-state index is -0.605. The average molecular weight is 458 g/mol. The van der Waals surface area contributed by atoms with Gasteiger partial charge in [-0.3, -0.25) is 0 Å². The number of allylic oxidation sites excluding steroid dienone is 2. The van der Waals surface area contributed by atoms with E-state index in [9.17, 15) is 5.11 Å². The lowest BCUT2D eigenvalue weighted by molar-refractivity contribution is 0.0578. The number of nitrogens with one attached hydrogen (secondary N) is 2. The Morgan fingerprint density at radius 3 is 2.50 bits per heavy atom. The van der Waals surface area contributed by atoms with Crippen LogP contribution in [-0.2, 0) is 11.2 Å². The second-order valence-corrected chi connectivity index (χ2v) is 9.32. The molecular formula is C28H31N3O3. The molecule has 0 amide bonds. The Hall–Kier alpha value is -3.53. The number of aliphatic hydroxyl groups is 1. The van der Waals surface area contributed by atoms with Gasteiger partial charge in [0.1, 0.15) is 30.0 Å². The molecule has 6 nitrogen and oxygen atoms in total. The molecule has 1 aliphatic carbocycles. The molecule has 3 unspecified atom stereocenters. The minimum Gasteiger partial charge on any atom is -0.494 e. The maximum atomic E-state index is 10.5. The molecule has 2 aliphatic rings. The van der Waals surface area contributed by atoms with E-state index >= 15 is 0 Å². The summed E-state index contributed by atoms with van der Waals surface area (Å²) in [6, 6.07) is 17.4. The van der Waals surface area contributed by atoms with Gasteiger partial charge in [0.2, 0.25) is 0 Å². The number of hydrogen-bond acceptors (Lipinski definition) is 6. The highest BCUT2D eigenvalue weighted by Gasteiger charge is 2.27. The van der Waals surface area contributed by atoms with E-state index in [4.69, 9.17) is 14.7 Å². The van der Waals surface area contributed by atoms with Crippen molar-refractivity contribution in [2.75, 3.05) is 13.2 Å². The zero-order valence-corrected chi connectivity index (χ0v) is 19.6. The third kappa shape index (κ3) is 6.28. The fourth-order valence-corrected chi connectivity index (χ4v) is 4.09. The minimum absolute atomic E-state index is 0.200. The standard InChI is InChI=1S/C28H31N3O3/c1-28(2,31-18-22(32)19-33-27-5-3-4-26-25(27)14-15-30-26)16-20-6-10-23(11-7-20)34-24-12-8-21(17-29)9-13-24/h3-15,22,25-26,30-32H,16,18-19H2,1-2H3. The number of benzene rings is 2. The van der Waals surface area contributed by atoms with Gasteiger partial charge in [0.05, 0.1) is 23.6 Å². The van der Waals surface area contributed by atoms with Crippen LogP contribution in [0.5, 0.6) is 11.5 Å². The number of rotatable bonds is 10. The predicted octanol–water partition coefficient (Wildman–Crippen LogP) is 4.19. The van der Waals surface area contributed by atoms with Crippen molar-refractivity contribution in [2.24, 2.45) is 5.92 Å². The summed E-state index contributed by atoms with van der Waals surface area (Å²) in [6.07, 6.45) is 10.3. The Morgan fingerprint density at radius 1 is 1.09 bits per heavy atom. The lowest BCUT2D eigenvalue weighted by atomic mass is 9.94. The summed E-state index contributed by atoms with van der Waals surface area (Å²) in [6.45, 7) is 4.94. The van der Waals surface area contributed by atoms with Gasteiger partial charge in [-0.2, -0.15) is 5.26 Å². The topological polar surface area (TPSA) is 86.5 Å². The number of hydrogen-bond donors (Lipinski definition) is 3. The maximum absolute atomic E-state index is 10.5. The van der Waals surface area contributed by atoms with Crippen LogP contribution in [0.3, 0.4) is 0 Å². The maximum Gasteiger partial charge on any atom is 0.127 e. The largest absolute Gasteiger partial charge is 0.494 e. The molecule has 1 heterocycles. The zero-order chi connectivity index (χ0) is 24.0. The van der Waals surface area contributed by atoms with E-state index in [1.807, 2.05) is 42.6 Å². The molecule has 4 rings (SSSR count). The van der Waals surface area contributed by atoms with Crippen molar-refractivity contribution < 1.29 is 14.6 Å². The van der Waals surface area contributed by atoms with Crippen molar-refractivity contribution >= 4 is 0 Å². The van der Waals surface area contributed by atoms with E-state index in [1.54, 1.807) is 24.3 Å². The van der Waals surface area contributed by atoms with E-state index in [0.717, 1.165) is 17.9 Å². The molecule has 6 heteroatoms. The molecule has 0 saturated heterocycles. The van der Waals surface area contributed by atoms with Crippen molar-refractivity contribution in [1.29, 1.82) is 5.26 Å². The highest BCUT2D eigenvalue weighted by atomic mass is 16.5. The van der Waals surface area contributed by atoms with Gasteiger partial charge in [0.25, 0.3) is 0 Å².